The third kappa shape index (κ3) is 4.58. The summed E-state index contributed by atoms with van der Waals surface area (Å²) < 4.78 is 0.765. The Morgan fingerprint density at radius 1 is 1.11 bits per heavy atom. The van der Waals surface area contributed by atoms with Crippen LogP contribution in [-0.4, -0.2) is 28.3 Å². The number of fused-ring (bicyclic) bond motifs is 5. The third-order valence-electron chi connectivity index (χ3n) is 11.6. The highest BCUT2D eigenvalue weighted by Gasteiger charge is 2.62. The van der Waals surface area contributed by atoms with Crippen molar-refractivity contribution in [1.29, 1.82) is 0 Å². The number of carbonyl (C=O) groups excluding carboxylic acids is 1. The molecule has 3 N–H and O–H groups in total. The molecule has 4 aliphatic carbocycles. The van der Waals surface area contributed by atoms with E-state index in [9.17, 15) is 15.0 Å². The molecule has 0 unspecified atom stereocenters. The number of aliphatic hydroxyl groups excluding tert-OH is 2. The van der Waals surface area contributed by atoms with Crippen LogP contribution in [0, 0.1) is 46.3 Å². The Bertz CT molecular complexity index is 952. The third-order valence-corrected chi connectivity index (χ3v) is 12.9. The Labute approximate surface area is 226 Å². The van der Waals surface area contributed by atoms with E-state index in [1.165, 1.54) is 25.7 Å². The standard InChI is InChI=1S/C30H46ClNO3S/c1-5-23(25-8-9-26(31)36-25)32-27(35)14-17(2)20-6-7-21-28-22(11-13-30(20,21)4)29(3)12-10-19(33)15-18(29)16-24(28)34/h8-9,17-24,28,33-34H,5-7,10-16H2,1-4H3,(H,32,35)/t17-,18+,19-,20-,21+,22+,23-,24+,28+,29+,30-/m1/s1. The first kappa shape index (κ1) is 27.0. The second kappa shape index (κ2) is 10.2. The quantitative estimate of drug-likeness (QED) is 0.368. The van der Waals surface area contributed by atoms with Crippen molar-refractivity contribution in [3.05, 3.63) is 21.3 Å². The van der Waals surface area contributed by atoms with Crippen molar-refractivity contribution in [2.24, 2.45) is 46.3 Å². The lowest BCUT2D eigenvalue weighted by molar-refractivity contribution is -0.174. The van der Waals surface area contributed by atoms with Gasteiger partial charge in [-0.2, -0.15) is 0 Å². The highest BCUT2D eigenvalue weighted by Crippen LogP contribution is 2.68. The van der Waals surface area contributed by atoms with Crippen molar-refractivity contribution in [3.8, 4) is 0 Å². The Kier molecular flexibility index (Phi) is 7.62. The van der Waals surface area contributed by atoms with Crippen molar-refractivity contribution in [2.75, 3.05) is 0 Å². The van der Waals surface area contributed by atoms with Crippen LogP contribution in [0.15, 0.2) is 12.1 Å². The van der Waals surface area contributed by atoms with E-state index in [4.69, 9.17) is 11.6 Å². The first-order valence-electron chi connectivity index (χ1n) is 14.5. The number of halogens is 1. The lowest BCUT2D eigenvalue weighted by Crippen LogP contribution is -2.58. The molecular formula is C30H46ClNO3S. The molecule has 1 heterocycles. The van der Waals surface area contributed by atoms with Gasteiger partial charge in [-0.1, -0.05) is 39.3 Å². The summed E-state index contributed by atoms with van der Waals surface area (Å²) in [4.78, 5) is 14.3. The van der Waals surface area contributed by atoms with E-state index in [0.717, 1.165) is 41.3 Å². The summed E-state index contributed by atoms with van der Waals surface area (Å²) in [7, 11) is 0. The van der Waals surface area contributed by atoms with Gasteiger partial charge in [-0.3, -0.25) is 4.79 Å². The van der Waals surface area contributed by atoms with E-state index in [2.05, 4.69) is 33.0 Å². The van der Waals surface area contributed by atoms with Crippen LogP contribution in [-0.2, 0) is 4.79 Å². The summed E-state index contributed by atoms with van der Waals surface area (Å²) in [6, 6.07) is 3.97. The van der Waals surface area contributed by atoms with Gasteiger partial charge < -0.3 is 15.5 Å². The van der Waals surface area contributed by atoms with Gasteiger partial charge in [-0.25, -0.2) is 0 Å². The van der Waals surface area contributed by atoms with Crippen molar-refractivity contribution >= 4 is 28.8 Å². The largest absolute Gasteiger partial charge is 0.393 e. The lowest BCUT2D eigenvalue weighted by Gasteiger charge is -2.62. The predicted octanol–water partition coefficient (Wildman–Crippen LogP) is 6.99. The van der Waals surface area contributed by atoms with Gasteiger partial charge in [0.1, 0.15) is 0 Å². The molecule has 0 spiro atoms. The smallest absolute Gasteiger partial charge is 0.220 e. The molecular weight excluding hydrogens is 490 g/mol. The minimum atomic E-state index is -0.247. The summed E-state index contributed by atoms with van der Waals surface area (Å²) in [5.74, 6) is 2.94. The SMILES string of the molecule is CC[C@@H](NC(=O)C[C@@H](C)[C@H]1CC[C@H]2[C@@H]3[C@@H](O)C[C@@H]4C[C@H](O)CC[C@]4(C)[C@H]3CC[C@]12C)c1ccc(Cl)s1. The van der Waals surface area contributed by atoms with Crippen molar-refractivity contribution in [3.63, 3.8) is 0 Å². The molecule has 36 heavy (non-hydrogen) atoms. The molecule has 4 fully saturated rings. The average molecular weight is 536 g/mol. The normalized spacial score (nSPS) is 43.7. The molecule has 11 atom stereocenters. The maximum absolute atomic E-state index is 13.1. The van der Waals surface area contributed by atoms with Crippen LogP contribution in [0.3, 0.4) is 0 Å². The Morgan fingerprint density at radius 3 is 2.53 bits per heavy atom. The van der Waals surface area contributed by atoms with Crippen LogP contribution in [0.5, 0.6) is 0 Å². The minimum Gasteiger partial charge on any atom is -0.393 e. The van der Waals surface area contributed by atoms with Gasteiger partial charge >= 0.3 is 0 Å². The molecule has 4 aliphatic rings. The summed E-state index contributed by atoms with van der Waals surface area (Å²) >= 11 is 7.69. The minimum absolute atomic E-state index is 0.0321. The fourth-order valence-electron chi connectivity index (χ4n) is 9.75. The molecule has 1 aromatic rings. The van der Waals surface area contributed by atoms with Crippen LogP contribution in [0.2, 0.25) is 4.34 Å². The molecule has 4 saturated carbocycles. The monoisotopic (exact) mass is 535 g/mol. The average Bonchev–Trinajstić information content (AvgIpc) is 3.41. The van der Waals surface area contributed by atoms with Gasteiger partial charge in [0.05, 0.1) is 22.6 Å². The van der Waals surface area contributed by atoms with Crippen LogP contribution in [0.1, 0.15) is 103 Å². The maximum Gasteiger partial charge on any atom is 0.220 e. The highest BCUT2D eigenvalue weighted by atomic mass is 35.5. The van der Waals surface area contributed by atoms with Gasteiger partial charge in [-0.05, 0) is 116 Å². The van der Waals surface area contributed by atoms with Gasteiger partial charge in [0.25, 0.3) is 0 Å². The number of aliphatic hydroxyl groups is 2. The fraction of sp³-hybridized carbons (Fsp3) is 0.833. The molecule has 202 valence electrons. The van der Waals surface area contributed by atoms with Crippen LogP contribution in [0.25, 0.3) is 0 Å². The van der Waals surface area contributed by atoms with E-state index in [1.54, 1.807) is 11.3 Å². The number of hydrogen-bond acceptors (Lipinski definition) is 4. The van der Waals surface area contributed by atoms with E-state index in [1.807, 2.05) is 12.1 Å². The Hall–Kier alpha value is -0.620. The number of thiophene rings is 1. The van der Waals surface area contributed by atoms with Crippen molar-refractivity contribution in [1.82, 2.24) is 5.32 Å². The van der Waals surface area contributed by atoms with Crippen LogP contribution >= 0.6 is 22.9 Å². The number of rotatable bonds is 6. The summed E-state index contributed by atoms with van der Waals surface area (Å²) in [5, 5.41) is 25.1. The number of carbonyl (C=O) groups is 1. The van der Waals surface area contributed by atoms with Crippen LogP contribution in [0.4, 0.5) is 0 Å². The first-order chi connectivity index (χ1) is 17.1. The second-order valence-electron chi connectivity index (χ2n) is 13.3. The van der Waals surface area contributed by atoms with Crippen molar-refractivity contribution in [2.45, 2.75) is 110 Å². The highest BCUT2D eigenvalue weighted by molar-refractivity contribution is 7.16. The lowest BCUT2D eigenvalue weighted by atomic mass is 9.43. The summed E-state index contributed by atoms with van der Waals surface area (Å²) in [6.45, 7) is 9.34. The molecule has 0 aliphatic heterocycles. The van der Waals surface area contributed by atoms with E-state index in [-0.39, 0.29) is 35.0 Å². The zero-order valence-corrected chi connectivity index (χ0v) is 24.1. The van der Waals surface area contributed by atoms with Crippen molar-refractivity contribution < 1.29 is 15.0 Å². The second-order valence-corrected chi connectivity index (χ2v) is 15.1. The molecule has 1 amide bonds. The Balaban J connectivity index is 1.27. The molecule has 0 saturated heterocycles. The topological polar surface area (TPSA) is 69.6 Å². The Morgan fingerprint density at radius 2 is 1.83 bits per heavy atom. The van der Waals surface area contributed by atoms with Gasteiger partial charge in [0.15, 0.2) is 0 Å². The molecule has 0 radical (unpaired) electrons. The van der Waals surface area contributed by atoms with E-state index >= 15 is 0 Å². The van der Waals surface area contributed by atoms with E-state index in [0.29, 0.717) is 41.9 Å². The molecule has 5 rings (SSSR count). The molecule has 0 bridgehead atoms. The first-order valence-corrected chi connectivity index (χ1v) is 15.7. The summed E-state index contributed by atoms with van der Waals surface area (Å²) in [5.41, 5.74) is 0.457. The van der Waals surface area contributed by atoms with Gasteiger partial charge in [0, 0.05) is 11.3 Å². The molecule has 0 aromatic carbocycles. The maximum atomic E-state index is 13.1. The molecule has 6 heteroatoms. The number of hydrogen-bond donors (Lipinski definition) is 3. The zero-order chi connectivity index (χ0) is 25.8. The van der Waals surface area contributed by atoms with Crippen LogP contribution < -0.4 is 5.32 Å². The number of nitrogens with one attached hydrogen (secondary N) is 1. The zero-order valence-electron chi connectivity index (χ0n) is 22.5. The van der Waals surface area contributed by atoms with Gasteiger partial charge in [0.2, 0.25) is 5.91 Å². The number of amides is 1. The van der Waals surface area contributed by atoms with Gasteiger partial charge in [-0.15, -0.1) is 11.3 Å². The fourth-order valence-corrected chi connectivity index (χ4v) is 10.9. The van der Waals surface area contributed by atoms with E-state index < -0.39 is 0 Å². The molecule has 1 aromatic heterocycles. The predicted molar refractivity (Wildman–Crippen MR) is 147 cm³/mol. The summed E-state index contributed by atoms with van der Waals surface area (Å²) in [6.07, 6.45) is 9.47. The molecule has 4 nitrogen and oxygen atoms in total.